The van der Waals surface area contributed by atoms with E-state index in [9.17, 15) is 45.6 Å². The molecule has 0 radical (unpaired) electrons. The van der Waals surface area contributed by atoms with Gasteiger partial charge in [0, 0.05) is 6.42 Å². The van der Waals surface area contributed by atoms with E-state index >= 15 is 0 Å². The number of aliphatic hydroxyl groups is 8. The van der Waals surface area contributed by atoms with Crippen LogP contribution >= 0.6 is 0 Å². The number of aliphatic hydroxyl groups excluding tert-OH is 8. The van der Waals surface area contributed by atoms with Gasteiger partial charge in [0.15, 0.2) is 12.6 Å². The molecule has 440 valence electrons. The molecule has 2 heterocycles. The Labute approximate surface area is 459 Å². The molecule has 0 saturated carbocycles. The predicted molar refractivity (Wildman–Crippen MR) is 304 cm³/mol. The van der Waals surface area contributed by atoms with E-state index in [2.05, 4.69) is 79.9 Å². The number of unbranched alkanes of at least 4 members (excludes halogenated alkanes) is 24. The van der Waals surface area contributed by atoms with E-state index in [1.165, 1.54) is 128 Å². The van der Waals surface area contributed by atoms with Gasteiger partial charge in [0.25, 0.3) is 0 Å². The molecule has 2 fully saturated rings. The van der Waals surface area contributed by atoms with Gasteiger partial charge in [0.2, 0.25) is 5.91 Å². The van der Waals surface area contributed by atoms with E-state index in [1.54, 1.807) is 6.08 Å². The molecule has 0 spiro atoms. The van der Waals surface area contributed by atoms with Gasteiger partial charge in [-0.1, -0.05) is 202 Å². The number of carbonyl (C=O) groups excluding carboxylic acids is 1. The highest BCUT2D eigenvalue weighted by atomic mass is 16.7. The average Bonchev–Trinajstić information content (AvgIpc) is 3.42. The SMILES string of the molecule is CCCCC/C=C/CC/C=C/CC/C=C/C(O)C(COC1OC(CO)C(OC2OC(CO)C(O)C(O)C2O)C(O)C1O)NC(=O)CCCCCCCCCCCCCCCC/C=C\C/C=C\C/C=C\CCCCCCC. The van der Waals surface area contributed by atoms with Crippen LogP contribution in [0, 0.1) is 0 Å². The van der Waals surface area contributed by atoms with E-state index in [4.69, 9.17) is 18.9 Å². The number of carbonyl (C=O) groups is 1. The summed E-state index contributed by atoms with van der Waals surface area (Å²) in [6, 6.07) is -0.940. The number of allylic oxidation sites excluding steroid dienone is 11. The van der Waals surface area contributed by atoms with Gasteiger partial charge < -0.3 is 65.1 Å². The predicted octanol–water partition coefficient (Wildman–Crippen LogP) is 10.3. The van der Waals surface area contributed by atoms with Crippen LogP contribution < -0.4 is 5.32 Å². The van der Waals surface area contributed by atoms with Gasteiger partial charge in [0.1, 0.15) is 48.8 Å². The fraction of sp³-hybridized carbons (Fsp3) is 0.790. The Morgan fingerprint density at radius 1 is 0.474 bits per heavy atom. The second-order valence-corrected chi connectivity index (χ2v) is 21.1. The van der Waals surface area contributed by atoms with Gasteiger partial charge in [-0.2, -0.15) is 0 Å². The first kappa shape index (κ1) is 69.5. The molecule has 2 rings (SSSR count). The number of rotatable bonds is 47. The average molecular weight is 1080 g/mol. The van der Waals surface area contributed by atoms with E-state index < -0.39 is 86.8 Å². The normalized spacial score (nSPS) is 25.4. The highest BCUT2D eigenvalue weighted by Crippen LogP contribution is 2.30. The molecule has 2 aliphatic heterocycles. The zero-order valence-electron chi connectivity index (χ0n) is 47.2. The van der Waals surface area contributed by atoms with Crippen LogP contribution in [0.2, 0.25) is 0 Å². The van der Waals surface area contributed by atoms with Crippen LogP contribution in [0.1, 0.15) is 219 Å². The number of hydrogen-bond donors (Lipinski definition) is 9. The molecular weight excluding hydrogens is 967 g/mol. The first-order valence-corrected chi connectivity index (χ1v) is 30.2. The van der Waals surface area contributed by atoms with Gasteiger partial charge in [-0.3, -0.25) is 4.79 Å². The fourth-order valence-electron chi connectivity index (χ4n) is 9.45. The zero-order valence-corrected chi connectivity index (χ0v) is 47.2. The molecule has 14 nitrogen and oxygen atoms in total. The summed E-state index contributed by atoms with van der Waals surface area (Å²) in [5, 5.41) is 86.9. The minimum Gasteiger partial charge on any atom is -0.394 e. The Bertz CT molecular complexity index is 1550. The lowest BCUT2D eigenvalue weighted by molar-refractivity contribution is -0.359. The summed E-state index contributed by atoms with van der Waals surface area (Å²) in [6.07, 6.45) is 45.3. The van der Waals surface area contributed by atoms with Crippen LogP contribution in [0.25, 0.3) is 0 Å². The van der Waals surface area contributed by atoms with Crippen molar-refractivity contribution < 1.29 is 64.6 Å². The first-order chi connectivity index (χ1) is 37.1. The molecule has 1 amide bonds. The van der Waals surface area contributed by atoms with Gasteiger partial charge in [-0.15, -0.1) is 0 Å². The summed E-state index contributed by atoms with van der Waals surface area (Å²) in [6.45, 7) is 2.72. The van der Waals surface area contributed by atoms with Crippen molar-refractivity contribution in [3.05, 3.63) is 72.9 Å². The fourth-order valence-corrected chi connectivity index (χ4v) is 9.45. The zero-order chi connectivity index (χ0) is 55.3. The van der Waals surface area contributed by atoms with Gasteiger partial charge in [0.05, 0.1) is 32.0 Å². The van der Waals surface area contributed by atoms with Crippen molar-refractivity contribution in [2.24, 2.45) is 0 Å². The molecule has 0 bridgehead atoms. The quantitative estimate of drug-likeness (QED) is 0.0204. The summed E-state index contributed by atoms with van der Waals surface area (Å²) in [4.78, 5) is 13.2. The highest BCUT2D eigenvalue weighted by Gasteiger charge is 2.51. The van der Waals surface area contributed by atoms with Crippen molar-refractivity contribution in [2.75, 3.05) is 19.8 Å². The van der Waals surface area contributed by atoms with Crippen LogP contribution in [0.3, 0.4) is 0 Å². The Morgan fingerprint density at radius 3 is 1.41 bits per heavy atom. The minimum atomic E-state index is -1.79. The maximum Gasteiger partial charge on any atom is 0.220 e. The maximum absolute atomic E-state index is 13.2. The van der Waals surface area contributed by atoms with Crippen molar-refractivity contribution in [1.82, 2.24) is 5.32 Å². The van der Waals surface area contributed by atoms with Crippen molar-refractivity contribution in [1.29, 1.82) is 0 Å². The van der Waals surface area contributed by atoms with Gasteiger partial charge >= 0.3 is 0 Å². The molecule has 0 aromatic carbocycles. The van der Waals surface area contributed by atoms with Crippen molar-refractivity contribution in [3.63, 3.8) is 0 Å². The van der Waals surface area contributed by atoms with E-state index in [-0.39, 0.29) is 18.9 Å². The minimum absolute atomic E-state index is 0.257. The molecule has 14 heteroatoms. The monoisotopic (exact) mass is 1080 g/mol. The van der Waals surface area contributed by atoms with E-state index in [1.807, 2.05) is 6.08 Å². The van der Waals surface area contributed by atoms with E-state index in [0.29, 0.717) is 12.8 Å². The lowest BCUT2D eigenvalue weighted by atomic mass is 9.97. The summed E-state index contributed by atoms with van der Waals surface area (Å²) < 4.78 is 22.7. The van der Waals surface area contributed by atoms with Crippen LogP contribution in [0.4, 0.5) is 0 Å². The molecule has 12 unspecified atom stereocenters. The second kappa shape index (κ2) is 47.3. The molecule has 2 saturated heterocycles. The topological polar surface area (TPSA) is 228 Å². The third-order valence-corrected chi connectivity index (χ3v) is 14.3. The number of amides is 1. The third-order valence-electron chi connectivity index (χ3n) is 14.3. The highest BCUT2D eigenvalue weighted by molar-refractivity contribution is 5.76. The van der Waals surface area contributed by atoms with Gasteiger partial charge in [-0.25, -0.2) is 0 Å². The third kappa shape index (κ3) is 32.5. The molecule has 2 aliphatic rings. The molecule has 9 N–H and O–H groups in total. The standard InChI is InChI=1S/C62H109NO13/c1-3-5-7-9-11-13-15-17-18-19-20-21-22-23-24-25-26-27-28-29-30-31-32-34-36-38-40-42-44-46-54(67)63-50(51(66)45-43-41-39-37-35-33-16-14-12-10-8-6-4-2)49-73-61-59(72)57(70)60(53(48-65)75-61)76-62-58(71)56(69)55(68)52(47-64)74-62/h12,14-15,17,19-20,22-23,35,37,43,45,50-53,55-62,64-66,68-72H,3-11,13,16,18,21,24-34,36,38-42,44,46-49H2,1-2H3,(H,63,67)/b14-12+,17-15-,20-19-,23-22-,37-35+,45-43+. The number of ether oxygens (including phenoxy) is 4. The molecule has 76 heavy (non-hydrogen) atoms. The Balaban J connectivity index is 1.70. The summed E-state index contributed by atoms with van der Waals surface area (Å²) in [7, 11) is 0. The largest absolute Gasteiger partial charge is 0.394 e. The molecule has 0 aromatic rings. The number of hydrogen-bond acceptors (Lipinski definition) is 13. The van der Waals surface area contributed by atoms with Crippen LogP contribution in [0.15, 0.2) is 72.9 Å². The van der Waals surface area contributed by atoms with Crippen LogP contribution in [-0.2, 0) is 23.7 Å². The lowest BCUT2D eigenvalue weighted by Crippen LogP contribution is -2.65. The molecular formula is C62H109NO13. The molecule has 0 aliphatic carbocycles. The van der Waals surface area contributed by atoms with Crippen molar-refractivity contribution in [3.8, 4) is 0 Å². The van der Waals surface area contributed by atoms with Crippen LogP contribution in [0.5, 0.6) is 0 Å². The summed E-state index contributed by atoms with van der Waals surface area (Å²) >= 11 is 0. The summed E-state index contributed by atoms with van der Waals surface area (Å²) in [5.74, 6) is -0.257. The lowest BCUT2D eigenvalue weighted by Gasteiger charge is -2.46. The first-order valence-electron chi connectivity index (χ1n) is 30.2. The second-order valence-electron chi connectivity index (χ2n) is 21.1. The van der Waals surface area contributed by atoms with Crippen molar-refractivity contribution >= 4 is 5.91 Å². The Hall–Kier alpha value is -2.57. The molecule has 12 atom stereocenters. The Morgan fingerprint density at radius 2 is 0.882 bits per heavy atom. The molecule has 0 aromatic heterocycles. The van der Waals surface area contributed by atoms with Gasteiger partial charge in [-0.05, 0) is 83.5 Å². The maximum atomic E-state index is 13.2. The summed E-state index contributed by atoms with van der Waals surface area (Å²) in [5.41, 5.74) is 0. The smallest absolute Gasteiger partial charge is 0.220 e. The Kier molecular flexibility index (Phi) is 43.2. The van der Waals surface area contributed by atoms with Crippen molar-refractivity contribution in [2.45, 2.75) is 293 Å². The van der Waals surface area contributed by atoms with E-state index in [0.717, 1.165) is 57.8 Å². The van der Waals surface area contributed by atoms with Crippen LogP contribution in [-0.4, -0.2) is 140 Å². The number of nitrogens with one attached hydrogen (secondary N) is 1.